The van der Waals surface area contributed by atoms with E-state index in [4.69, 9.17) is 15.4 Å². The molecule has 0 saturated heterocycles. The maximum Gasteiger partial charge on any atom is 0.265 e. The van der Waals surface area contributed by atoms with Crippen LogP contribution in [-0.4, -0.2) is 29.7 Å². The lowest BCUT2D eigenvalue weighted by Gasteiger charge is -2.19. The number of anilines is 1. The predicted octanol–water partition coefficient (Wildman–Crippen LogP) is 2.41. The molecule has 6 nitrogen and oxygen atoms in total. The van der Waals surface area contributed by atoms with Gasteiger partial charge in [0.1, 0.15) is 10.6 Å². The van der Waals surface area contributed by atoms with Crippen molar-refractivity contribution in [3.63, 3.8) is 0 Å². The lowest BCUT2D eigenvalue weighted by atomic mass is 10.0. The Hall–Kier alpha value is -0.990. The van der Waals surface area contributed by atoms with Crippen LogP contribution in [0.3, 0.4) is 0 Å². The molecule has 1 aromatic rings. The minimum absolute atomic E-state index is 0.0452. The summed E-state index contributed by atoms with van der Waals surface area (Å²) in [4.78, 5) is -0.289. The molecule has 21 heavy (non-hydrogen) atoms. The molecule has 1 aromatic carbocycles. The van der Waals surface area contributed by atoms with Gasteiger partial charge in [-0.25, -0.2) is 16.8 Å². The van der Waals surface area contributed by atoms with Gasteiger partial charge in [0.2, 0.25) is 10.0 Å². The first-order chi connectivity index (χ1) is 9.34. The third kappa shape index (κ3) is 5.72. The molecule has 9 heteroatoms. The second kappa shape index (κ2) is 6.02. The molecular weight excluding hydrogens is 338 g/mol. The summed E-state index contributed by atoms with van der Waals surface area (Å²) in [7, 11) is -1.05. The van der Waals surface area contributed by atoms with Crippen molar-refractivity contribution in [2.75, 3.05) is 17.6 Å². The number of sulfonamides is 1. The predicted molar refractivity (Wildman–Crippen MR) is 82.9 cm³/mol. The van der Waals surface area contributed by atoms with Crippen molar-refractivity contribution in [1.29, 1.82) is 0 Å². The number of nitrogens with one attached hydrogen (secondary N) is 1. The van der Waals surface area contributed by atoms with E-state index in [0.717, 1.165) is 6.07 Å². The summed E-state index contributed by atoms with van der Waals surface area (Å²) < 4.78 is 54.2. The lowest BCUT2D eigenvalue weighted by molar-refractivity contribution is 0.403. The molecule has 0 aliphatic rings. The third-order valence-electron chi connectivity index (χ3n) is 2.32. The van der Waals surface area contributed by atoms with Crippen molar-refractivity contribution in [3.8, 4) is 5.75 Å². The Bertz CT molecular complexity index is 721. The van der Waals surface area contributed by atoms with Gasteiger partial charge in [-0.05, 0) is 23.6 Å². The van der Waals surface area contributed by atoms with E-state index < -0.39 is 24.5 Å². The van der Waals surface area contributed by atoms with Gasteiger partial charge in [-0.1, -0.05) is 20.8 Å². The average molecular weight is 356 g/mol. The molecule has 120 valence electrons. The third-order valence-corrected chi connectivity index (χ3v) is 5.46. The topological polar surface area (TPSA) is 89.5 Å². The first-order valence-corrected chi connectivity index (χ1v) is 9.93. The minimum atomic E-state index is -4.05. The molecule has 0 heterocycles. The molecule has 1 N–H and O–H groups in total. The summed E-state index contributed by atoms with van der Waals surface area (Å²) in [6.07, 6.45) is 0. The number of benzene rings is 1. The van der Waals surface area contributed by atoms with Crippen LogP contribution >= 0.6 is 10.7 Å². The minimum Gasteiger partial charge on any atom is -0.495 e. The maximum atomic E-state index is 12.0. The number of ether oxygens (including phenoxy) is 1. The Morgan fingerprint density at radius 1 is 1.19 bits per heavy atom. The van der Waals surface area contributed by atoms with Gasteiger partial charge in [-0.3, -0.25) is 4.72 Å². The van der Waals surface area contributed by atoms with Crippen LogP contribution < -0.4 is 9.46 Å². The van der Waals surface area contributed by atoms with Gasteiger partial charge in [-0.15, -0.1) is 0 Å². The highest BCUT2D eigenvalue weighted by Gasteiger charge is 2.23. The maximum absolute atomic E-state index is 12.0. The van der Waals surface area contributed by atoms with Crippen molar-refractivity contribution in [2.24, 2.45) is 5.41 Å². The molecule has 0 bridgehead atoms. The normalized spacial score (nSPS) is 13.0. The van der Waals surface area contributed by atoms with Crippen LogP contribution in [0.2, 0.25) is 0 Å². The Morgan fingerprint density at radius 3 is 2.19 bits per heavy atom. The Morgan fingerprint density at radius 2 is 1.76 bits per heavy atom. The van der Waals surface area contributed by atoms with E-state index in [1.165, 1.54) is 19.2 Å². The molecule has 0 saturated carbocycles. The zero-order valence-corrected chi connectivity index (χ0v) is 14.6. The average Bonchev–Trinajstić information content (AvgIpc) is 2.23. The van der Waals surface area contributed by atoms with E-state index in [0.29, 0.717) is 0 Å². The van der Waals surface area contributed by atoms with E-state index >= 15 is 0 Å². The highest BCUT2D eigenvalue weighted by atomic mass is 35.7. The van der Waals surface area contributed by atoms with Crippen LogP contribution in [0.4, 0.5) is 5.69 Å². The largest absolute Gasteiger partial charge is 0.495 e. The van der Waals surface area contributed by atoms with Crippen LogP contribution in [0.15, 0.2) is 23.1 Å². The fourth-order valence-electron chi connectivity index (χ4n) is 1.72. The SMILES string of the molecule is COc1ccc(NS(=O)(=O)CC(C)(C)C)cc1S(=O)(=O)Cl. The van der Waals surface area contributed by atoms with E-state index in [9.17, 15) is 16.8 Å². The number of rotatable bonds is 5. The lowest BCUT2D eigenvalue weighted by Crippen LogP contribution is -2.26. The van der Waals surface area contributed by atoms with Gasteiger partial charge in [0.15, 0.2) is 0 Å². The molecule has 0 aliphatic carbocycles. The molecule has 0 atom stereocenters. The zero-order chi connectivity index (χ0) is 16.5. The number of hydrogen-bond donors (Lipinski definition) is 1. The van der Waals surface area contributed by atoms with Gasteiger partial charge in [-0.2, -0.15) is 0 Å². The Labute approximate surface area is 129 Å². The van der Waals surface area contributed by atoms with Gasteiger partial charge < -0.3 is 4.74 Å². The second-order valence-electron chi connectivity index (χ2n) is 5.73. The first-order valence-electron chi connectivity index (χ1n) is 5.97. The molecule has 0 aromatic heterocycles. The van der Waals surface area contributed by atoms with Gasteiger partial charge in [0.05, 0.1) is 18.6 Å². The number of halogens is 1. The van der Waals surface area contributed by atoms with Crippen molar-refractivity contribution >= 4 is 35.4 Å². The second-order valence-corrected chi connectivity index (χ2v) is 9.98. The van der Waals surface area contributed by atoms with Crippen LogP contribution in [0, 0.1) is 5.41 Å². The summed E-state index contributed by atoms with van der Waals surface area (Å²) >= 11 is 0. The molecule has 0 radical (unpaired) electrons. The Balaban J connectivity index is 3.18. The molecular formula is C12H18ClNO5S2. The first kappa shape index (κ1) is 18.1. The molecule has 0 fully saturated rings. The monoisotopic (exact) mass is 355 g/mol. The van der Waals surface area contributed by atoms with Crippen LogP contribution in [0.5, 0.6) is 5.75 Å². The summed E-state index contributed by atoms with van der Waals surface area (Å²) in [5.74, 6) is -0.0570. The highest BCUT2D eigenvalue weighted by molar-refractivity contribution is 8.13. The summed E-state index contributed by atoms with van der Waals surface area (Å²) in [5.41, 5.74) is -0.320. The van der Waals surface area contributed by atoms with Crippen molar-refractivity contribution in [1.82, 2.24) is 0 Å². The standard InChI is InChI=1S/C12H18ClNO5S2/c1-12(2,3)8-20(15,16)14-9-5-6-10(19-4)11(7-9)21(13,17)18/h5-7,14H,8H2,1-4H3. The van der Waals surface area contributed by atoms with E-state index in [2.05, 4.69) is 4.72 Å². The number of hydrogen-bond acceptors (Lipinski definition) is 5. The summed E-state index contributed by atoms with van der Waals surface area (Å²) in [6.45, 7) is 5.36. The molecule has 0 spiro atoms. The fraction of sp³-hybridized carbons (Fsp3) is 0.500. The van der Waals surface area contributed by atoms with E-state index in [1.807, 2.05) is 0 Å². The molecule has 0 unspecified atom stereocenters. The van der Waals surface area contributed by atoms with Crippen molar-refractivity contribution in [2.45, 2.75) is 25.7 Å². The zero-order valence-electron chi connectivity index (χ0n) is 12.2. The molecule has 1 rings (SSSR count). The van der Waals surface area contributed by atoms with Gasteiger partial charge in [0, 0.05) is 10.7 Å². The quantitative estimate of drug-likeness (QED) is 0.819. The van der Waals surface area contributed by atoms with Crippen LogP contribution in [-0.2, 0) is 19.1 Å². The highest BCUT2D eigenvalue weighted by Crippen LogP contribution is 2.30. The fourth-order valence-corrected chi connectivity index (χ4v) is 4.44. The smallest absolute Gasteiger partial charge is 0.265 e. The van der Waals surface area contributed by atoms with Crippen molar-refractivity contribution < 1.29 is 21.6 Å². The van der Waals surface area contributed by atoms with E-state index in [-0.39, 0.29) is 22.1 Å². The van der Waals surface area contributed by atoms with Crippen LogP contribution in [0.1, 0.15) is 20.8 Å². The molecule has 0 amide bonds. The summed E-state index contributed by atoms with van der Waals surface area (Å²) in [5, 5.41) is 0. The Kier molecular flexibility index (Phi) is 5.18. The van der Waals surface area contributed by atoms with Crippen molar-refractivity contribution in [3.05, 3.63) is 18.2 Å². The van der Waals surface area contributed by atoms with Crippen LogP contribution in [0.25, 0.3) is 0 Å². The molecule has 0 aliphatic heterocycles. The van der Waals surface area contributed by atoms with Gasteiger partial charge in [0.25, 0.3) is 9.05 Å². The van der Waals surface area contributed by atoms with E-state index in [1.54, 1.807) is 20.8 Å². The van der Waals surface area contributed by atoms with Gasteiger partial charge >= 0.3 is 0 Å². The summed E-state index contributed by atoms with van der Waals surface area (Å²) in [6, 6.07) is 3.87. The number of methoxy groups -OCH3 is 1.